The first-order valence-corrected chi connectivity index (χ1v) is 10.8. The van der Waals surface area contributed by atoms with Crippen molar-refractivity contribution in [3.8, 4) is 46.1 Å². The first-order chi connectivity index (χ1) is 17.0. The Labute approximate surface area is 200 Å². The first-order valence-electron chi connectivity index (χ1n) is 10.8. The van der Waals surface area contributed by atoms with Gasteiger partial charge in [-0.25, -0.2) is 0 Å². The van der Waals surface area contributed by atoms with Gasteiger partial charge in [-0.05, 0) is 48.9 Å². The minimum atomic E-state index is -0.539. The first kappa shape index (κ1) is 22.3. The van der Waals surface area contributed by atoms with Crippen molar-refractivity contribution in [1.29, 1.82) is 0 Å². The summed E-state index contributed by atoms with van der Waals surface area (Å²) in [5.41, 5.74) is 2.97. The van der Waals surface area contributed by atoms with Gasteiger partial charge in [0.15, 0.2) is 11.5 Å². The second kappa shape index (κ2) is 8.71. The topological polar surface area (TPSA) is 121 Å². The molecule has 4 aromatic rings. The largest absolute Gasteiger partial charge is 0.497 e. The lowest BCUT2D eigenvalue weighted by Crippen LogP contribution is -2.24. The molecule has 1 atom stereocenters. The van der Waals surface area contributed by atoms with Gasteiger partial charge >= 0.3 is 0 Å². The predicted octanol–water partition coefficient (Wildman–Crippen LogP) is 3.79. The molecule has 0 spiro atoms. The average Bonchev–Trinajstić information content (AvgIpc) is 3.26. The molecule has 0 saturated heterocycles. The maximum atomic E-state index is 13.5. The van der Waals surface area contributed by atoms with Gasteiger partial charge in [-0.2, -0.15) is 4.98 Å². The van der Waals surface area contributed by atoms with Gasteiger partial charge in [0, 0.05) is 16.8 Å². The Hall–Kier alpha value is -4.47. The number of ether oxygens (including phenoxy) is 5. The van der Waals surface area contributed by atoms with E-state index in [1.165, 1.54) is 7.11 Å². The number of methoxy groups -OCH3 is 4. The number of benzene rings is 2. The summed E-state index contributed by atoms with van der Waals surface area (Å²) in [4.78, 5) is 21.1. The van der Waals surface area contributed by atoms with E-state index in [4.69, 9.17) is 23.7 Å². The molecule has 1 aliphatic rings. The molecule has 0 radical (unpaired) electrons. The summed E-state index contributed by atoms with van der Waals surface area (Å²) in [5.74, 6) is 2.46. The molecule has 35 heavy (non-hydrogen) atoms. The lowest BCUT2D eigenvalue weighted by molar-refractivity contribution is 0.323. The van der Waals surface area contributed by atoms with Crippen molar-refractivity contribution in [3.05, 3.63) is 69.1 Å². The van der Waals surface area contributed by atoms with Crippen molar-refractivity contribution in [2.24, 2.45) is 0 Å². The lowest BCUT2D eigenvalue weighted by Gasteiger charge is -2.26. The van der Waals surface area contributed by atoms with Crippen LogP contribution in [0.15, 0.2) is 41.2 Å². The molecule has 2 aromatic carbocycles. The molecule has 0 bridgehead atoms. The summed E-state index contributed by atoms with van der Waals surface area (Å²) in [7, 11) is 6.22. The van der Waals surface area contributed by atoms with Gasteiger partial charge in [0.2, 0.25) is 17.5 Å². The number of nitrogens with one attached hydrogen (secondary N) is 2. The summed E-state index contributed by atoms with van der Waals surface area (Å²) in [6, 6.07) is 10.8. The van der Waals surface area contributed by atoms with Crippen LogP contribution >= 0.6 is 0 Å². The van der Waals surface area contributed by atoms with Gasteiger partial charge in [-0.15, -0.1) is 5.10 Å². The van der Waals surface area contributed by atoms with Crippen molar-refractivity contribution in [1.82, 2.24) is 20.2 Å². The molecular formula is C25H24N4O6. The molecule has 3 heterocycles. The van der Waals surface area contributed by atoms with Crippen LogP contribution in [0.3, 0.4) is 0 Å². The molecule has 0 amide bonds. The number of rotatable bonds is 6. The molecule has 1 aliphatic heterocycles. The highest BCUT2D eigenvalue weighted by atomic mass is 16.5. The Morgan fingerprint density at radius 2 is 1.57 bits per heavy atom. The van der Waals surface area contributed by atoms with Crippen molar-refractivity contribution in [2.75, 3.05) is 28.4 Å². The van der Waals surface area contributed by atoms with E-state index >= 15 is 0 Å². The molecule has 1 unspecified atom stereocenters. The van der Waals surface area contributed by atoms with Gasteiger partial charge in [0.05, 0.1) is 39.9 Å². The van der Waals surface area contributed by atoms with Gasteiger partial charge in [-0.3, -0.25) is 9.89 Å². The normalized spacial score (nSPS) is 13.9. The molecule has 10 nitrogen and oxygen atoms in total. The number of aromatic nitrogens is 4. The maximum Gasteiger partial charge on any atom is 0.259 e. The third-order valence-corrected chi connectivity index (χ3v) is 6.03. The lowest BCUT2D eigenvalue weighted by atomic mass is 9.84. The van der Waals surface area contributed by atoms with Crippen LogP contribution in [0.2, 0.25) is 0 Å². The van der Waals surface area contributed by atoms with Crippen LogP contribution in [0.1, 0.15) is 28.3 Å². The molecule has 0 saturated carbocycles. The molecule has 10 heteroatoms. The molecule has 2 aromatic heterocycles. The van der Waals surface area contributed by atoms with E-state index in [9.17, 15) is 4.79 Å². The van der Waals surface area contributed by atoms with Gasteiger partial charge in [0.25, 0.3) is 5.56 Å². The van der Waals surface area contributed by atoms with Crippen molar-refractivity contribution in [2.45, 2.75) is 12.8 Å². The SMILES string of the molecule is COc1ccc(-c2nc3c(c(=O)[nH]2)C(c2cc(OC)c(OC)c(OC)c2)c2c(n[nH]c2C)O3)cc1. The van der Waals surface area contributed by atoms with E-state index < -0.39 is 5.92 Å². The zero-order valence-electron chi connectivity index (χ0n) is 19.9. The zero-order chi connectivity index (χ0) is 24.7. The van der Waals surface area contributed by atoms with E-state index in [2.05, 4.69) is 20.2 Å². The number of hydrogen-bond donors (Lipinski definition) is 2. The fraction of sp³-hybridized carbons (Fsp3) is 0.240. The number of aryl methyl sites for hydroxylation is 1. The van der Waals surface area contributed by atoms with Crippen LogP contribution in [-0.4, -0.2) is 48.6 Å². The highest BCUT2D eigenvalue weighted by Crippen LogP contribution is 2.49. The monoisotopic (exact) mass is 476 g/mol. The van der Waals surface area contributed by atoms with E-state index in [0.717, 1.165) is 16.8 Å². The second-order valence-corrected chi connectivity index (χ2v) is 7.92. The third kappa shape index (κ3) is 3.63. The Kier molecular flexibility index (Phi) is 5.56. The minimum Gasteiger partial charge on any atom is -0.497 e. The number of hydrogen-bond acceptors (Lipinski definition) is 8. The van der Waals surface area contributed by atoms with E-state index in [0.29, 0.717) is 45.8 Å². The van der Waals surface area contributed by atoms with Gasteiger partial charge in [-0.1, -0.05) is 0 Å². The summed E-state index contributed by atoms with van der Waals surface area (Å²) in [6.45, 7) is 1.87. The maximum absolute atomic E-state index is 13.5. The minimum absolute atomic E-state index is 0.178. The molecule has 5 rings (SSSR count). The van der Waals surface area contributed by atoms with Crippen molar-refractivity contribution in [3.63, 3.8) is 0 Å². The molecule has 180 valence electrons. The van der Waals surface area contributed by atoms with Gasteiger partial charge in [0.1, 0.15) is 11.6 Å². The predicted molar refractivity (Wildman–Crippen MR) is 127 cm³/mol. The van der Waals surface area contributed by atoms with Crippen LogP contribution in [0.5, 0.6) is 34.8 Å². The van der Waals surface area contributed by atoms with E-state index in [1.807, 2.05) is 31.2 Å². The second-order valence-electron chi connectivity index (χ2n) is 7.92. The number of fused-ring (bicyclic) bond motifs is 2. The summed E-state index contributed by atoms with van der Waals surface area (Å²) in [6.07, 6.45) is 0. The molecular weight excluding hydrogens is 452 g/mol. The van der Waals surface area contributed by atoms with Crippen molar-refractivity contribution < 1.29 is 23.7 Å². The summed E-state index contributed by atoms with van der Waals surface area (Å²) < 4.78 is 27.8. The Balaban J connectivity index is 1.72. The zero-order valence-corrected chi connectivity index (χ0v) is 19.9. The quantitative estimate of drug-likeness (QED) is 0.380. The van der Waals surface area contributed by atoms with E-state index in [1.54, 1.807) is 33.5 Å². The number of nitrogens with zero attached hydrogens (tertiary/aromatic N) is 2. The average molecular weight is 476 g/mol. The number of aromatic amines is 2. The summed E-state index contributed by atoms with van der Waals surface area (Å²) in [5, 5.41) is 7.26. The fourth-order valence-corrected chi connectivity index (χ4v) is 4.35. The molecule has 2 N–H and O–H groups in total. The highest BCUT2D eigenvalue weighted by molar-refractivity contribution is 5.63. The standard InChI is InChI=1S/C25H24N4O6/c1-12-18-19(14-10-16(32-3)21(34-5)17(11-14)33-4)20-23(30)26-22(13-6-8-15(31-2)9-7-13)27-24(20)35-25(18)29-28-12/h6-11,19H,1-5H3,(H,28,29)(H,26,27,30). The number of H-pyrrole nitrogens is 2. The third-order valence-electron chi connectivity index (χ3n) is 6.03. The Bertz CT molecular complexity index is 1430. The van der Waals surface area contributed by atoms with Crippen LogP contribution in [0.4, 0.5) is 0 Å². The van der Waals surface area contributed by atoms with Gasteiger partial charge < -0.3 is 28.7 Å². The Morgan fingerprint density at radius 1 is 0.886 bits per heavy atom. The fourth-order valence-electron chi connectivity index (χ4n) is 4.35. The van der Waals surface area contributed by atoms with Crippen LogP contribution < -0.4 is 29.2 Å². The van der Waals surface area contributed by atoms with E-state index in [-0.39, 0.29) is 11.4 Å². The Morgan fingerprint density at radius 3 is 2.17 bits per heavy atom. The van der Waals surface area contributed by atoms with Crippen LogP contribution in [0, 0.1) is 6.92 Å². The molecule has 0 fully saturated rings. The van der Waals surface area contributed by atoms with Crippen LogP contribution in [0.25, 0.3) is 11.4 Å². The van der Waals surface area contributed by atoms with Crippen molar-refractivity contribution >= 4 is 0 Å². The summed E-state index contributed by atoms with van der Waals surface area (Å²) >= 11 is 0. The highest BCUT2D eigenvalue weighted by Gasteiger charge is 2.37. The van der Waals surface area contributed by atoms with Crippen LogP contribution in [-0.2, 0) is 0 Å². The smallest absolute Gasteiger partial charge is 0.259 e. The molecule has 0 aliphatic carbocycles.